The van der Waals surface area contributed by atoms with Gasteiger partial charge in [-0.1, -0.05) is 86.0 Å². The van der Waals surface area contributed by atoms with Gasteiger partial charge < -0.3 is 9.47 Å². The summed E-state index contributed by atoms with van der Waals surface area (Å²) in [5.74, 6) is -0.945. The van der Waals surface area contributed by atoms with Crippen LogP contribution >= 0.6 is 11.6 Å². The van der Waals surface area contributed by atoms with Crippen molar-refractivity contribution in [2.24, 2.45) is 37.5 Å². The Morgan fingerprint density at radius 2 is 1.14 bits per heavy atom. The zero-order valence-electron chi connectivity index (χ0n) is 26.1. The zero-order valence-corrected chi connectivity index (χ0v) is 26.9. The summed E-state index contributed by atoms with van der Waals surface area (Å²) in [7, 11) is 0. The van der Waals surface area contributed by atoms with E-state index >= 15 is 0 Å². The molecular formula is C31H40ClF6NO3. The number of nitrogens with zero attached hydrogens (tertiary/aromatic N) is 1. The van der Waals surface area contributed by atoms with Crippen molar-refractivity contribution in [3.63, 3.8) is 0 Å². The van der Waals surface area contributed by atoms with Crippen LogP contribution in [0.4, 0.5) is 26.3 Å². The highest BCUT2D eigenvalue weighted by atomic mass is 35.5. The summed E-state index contributed by atoms with van der Waals surface area (Å²) in [5.41, 5.74) is -15.6. The van der Waals surface area contributed by atoms with Gasteiger partial charge in [-0.05, 0) is 49.1 Å². The molecule has 2 bridgehead atoms. The van der Waals surface area contributed by atoms with Gasteiger partial charge in [-0.25, -0.2) is 4.99 Å². The highest BCUT2D eigenvalue weighted by molar-refractivity contribution is 6.30. The summed E-state index contributed by atoms with van der Waals surface area (Å²) >= 11 is 6.12. The maximum absolute atomic E-state index is 14.8. The van der Waals surface area contributed by atoms with Gasteiger partial charge in [0.25, 0.3) is 0 Å². The average Bonchev–Trinajstić information content (AvgIpc) is 3.46. The Bertz CT molecular complexity index is 1290. The minimum atomic E-state index is -5.91. The van der Waals surface area contributed by atoms with E-state index in [-0.39, 0.29) is 10.6 Å². The van der Waals surface area contributed by atoms with Crippen LogP contribution in [-0.4, -0.2) is 35.2 Å². The maximum atomic E-state index is 14.8. The Labute approximate surface area is 248 Å². The fourth-order valence-corrected chi connectivity index (χ4v) is 9.60. The molecule has 0 aromatic heterocycles. The van der Waals surface area contributed by atoms with Gasteiger partial charge in [0.15, 0.2) is 0 Å². The molecule has 2 heterocycles. The van der Waals surface area contributed by atoms with E-state index < -0.39 is 73.5 Å². The number of halogens is 7. The molecule has 0 N–H and O–H groups in total. The van der Waals surface area contributed by atoms with Crippen LogP contribution in [0.5, 0.6) is 0 Å². The predicted octanol–water partition coefficient (Wildman–Crippen LogP) is 9.29. The third-order valence-electron chi connectivity index (χ3n) is 9.48. The van der Waals surface area contributed by atoms with Gasteiger partial charge >= 0.3 is 18.3 Å². The largest absolute Gasteiger partial charge is 0.459 e. The van der Waals surface area contributed by atoms with E-state index in [1.165, 1.54) is 24.3 Å². The Balaban J connectivity index is 2.32. The lowest BCUT2D eigenvalue weighted by molar-refractivity contribution is -0.175. The molecule has 5 rings (SSSR count). The van der Waals surface area contributed by atoms with Gasteiger partial charge in [0.2, 0.25) is 11.4 Å². The van der Waals surface area contributed by atoms with Gasteiger partial charge in [-0.15, -0.1) is 0 Å². The van der Waals surface area contributed by atoms with Crippen LogP contribution < -0.4 is 0 Å². The Morgan fingerprint density at radius 1 is 0.738 bits per heavy atom. The standard InChI is InChI=1S/C31H40ClF6NO3/c1-21(2,3)29-25(20(40)41-24(10,11)12)26(17-13-15-18(32)16-14-17,39-19(27(33,34)35)28(36,37)38)42-31(29,23(7,8)9)30(25,29)22(4,5)6/h13-16H,1-12H3. The third kappa shape index (κ3) is 3.37. The molecular weight excluding hydrogens is 584 g/mol. The van der Waals surface area contributed by atoms with Crippen LogP contribution in [0.25, 0.3) is 0 Å². The SMILES string of the molecule is CC(C)(C)OC(=O)C12C(N=C(C(F)(F)F)C(F)(F)F)(c3ccc(Cl)cc3)OC3(C(C)(C)C)C1(C(C)(C)C)C32C(C)(C)C. The molecule has 2 saturated carbocycles. The van der Waals surface area contributed by atoms with Crippen LogP contribution in [0.3, 0.4) is 0 Å². The van der Waals surface area contributed by atoms with Crippen molar-refractivity contribution >= 4 is 23.3 Å². The van der Waals surface area contributed by atoms with Crippen molar-refractivity contribution in [3.8, 4) is 0 Å². The van der Waals surface area contributed by atoms with Crippen LogP contribution in [0, 0.1) is 32.5 Å². The number of benzene rings is 1. The first-order valence-corrected chi connectivity index (χ1v) is 14.2. The van der Waals surface area contributed by atoms with Gasteiger partial charge in [0.05, 0.1) is 5.60 Å². The predicted molar refractivity (Wildman–Crippen MR) is 148 cm³/mol. The fourth-order valence-electron chi connectivity index (χ4n) is 9.47. The molecule has 4 nitrogen and oxygen atoms in total. The van der Waals surface area contributed by atoms with Gasteiger partial charge in [0.1, 0.15) is 11.0 Å². The lowest BCUT2D eigenvalue weighted by Gasteiger charge is -2.46. The number of esters is 1. The quantitative estimate of drug-likeness (QED) is 0.192. The first-order valence-electron chi connectivity index (χ1n) is 13.9. The second-order valence-corrected chi connectivity index (χ2v) is 16.3. The summed E-state index contributed by atoms with van der Waals surface area (Å²) < 4.78 is 98.6. The molecule has 236 valence electrons. The summed E-state index contributed by atoms with van der Waals surface area (Å²) in [6.07, 6.45) is -11.8. The number of rotatable bonds is 3. The van der Waals surface area contributed by atoms with Crippen molar-refractivity contribution < 1.29 is 40.6 Å². The summed E-state index contributed by atoms with van der Waals surface area (Å²) in [4.78, 5) is 18.4. The molecule has 0 amide bonds. The number of aliphatic imine (C=N–C) groups is 1. The topological polar surface area (TPSA) is 47.9 Å². The molecule has 2 aliphatic heterocycles. The number of hydrogen-bond donors (Lipinski definition) is 0. The molecule has 4 fully saturated rings. The first-order chi connectivity index (χ1) is 18.4. The maximum Gasteiger partial charge on any atom is 0.438 e. The zero-order chi connectivity index (χ0) is 32.8. The van der Waals surface area contributed by atoms with Crippen LogP contribution in [-0.2, 0) is 20.0 Å². The summed E-state index contributed by atoms with van der Waals surface area (Å²) in [6.45, 7) is 21.3. The first kappa shape index (κ1) is 33.1. The van der Waals surface area contributed by atoms with E-state index in [1.807, 2.05) is 62.3 Å². The minimum Gasteiger partial charge on any atom is -0.459 e. The number of alkyl halides is 6. The highest BCUT2D eigenvalue weighted by Crippen LogP contribution is 3.18. The number of carbonyl (C=O) groups is 1. The van der Waals surface area contributed by atoms with Crippen molar-refractivity contribution in [1.29, 1.82) is 0 Å². The van der Waals surface area contributed by atoms with Crippen LogP contribution in [0.15, 0.2) is 29.3 Å². The van der Waals surface area contributed by atoms with E-state index in [0.29, 0.717) is 0 Å². The van der Waals surface area contributed by atoms with E-state index in [9.17, 15) is 31.1 Å². The van der Waals surface area contributed by atoms with E-state index in [1.54, 1.807) is 20.8 Å². The molecule has 11 heteroatoms. The van der Waals surface area contributed by atoms with E-state index in [2.05, 4.69) is 4.99 Å². The summed E-state index contributed by atoms with van der Waals surface area (Å²) in [5, 5.41) is 0.190. The highest BCUT2D eigenvalue weighted by Gasteiger charge is 3.28. The number of fused-ring (bicyclic) bond motifs is 1. The Hall–Kier alpha value is -1.81. The van der Waals surface area contributed by atoms with Gasteiger partial charge in [-0.3, -0.25) is 4.79 Å². The molecule has 4 aliphatic rings. The molecule has 0 spiro atoms. The minimum absolute atomic E-state index is 0.146. The molecule has 1 aromatic carbocycles. The monoisotopic (exact) mass is 623 g/mol. The molecule has 2 saturated heterocycles. The normalized spacial score (nSPS) is 34.5. The number of carbonyl (C=O) groups excluding carboxylic acids is 1. The lowest BCUT2D eigenvalue weighted by Crippen LogP contribution is -2.55. The van der Waals surface area contributed by atoms with E-state index in [0.717, 1.165) is 0 Å². The van der Waals surface area contributed by atoms with Gasteiger partial charge in [0, 0.05) is 21.4 Å². The van der Waals surface area contributed by atoms with E-state index in [4.69, 9.17) is 21.1 Å². The second-order valence-electron chi connectivity index (χ2n) is 15.9. The van der Waals surface area contributed by atoms with Crippen molar-refractivity contribution in [2.75, 3.05) is 0 Å². The fraction of sp³-hybridized carbons (Fsp3) is 0.742. The van der Waals surface area contributed by atoms with Gasteiger partial charge in [-0.2, -0.15) is 26.3 Å². The summed E-state index contributed by atoms with van der Waals surface area (Å²) in [6, 6.07) is 5.24. The van der Waals surface area contributed by atoms with Crippen molar-refractivity contribution in [1.82, 2.24) is 0 Å². The molecule has 1 aromatic rings. The molecule has 2 aliphatic carbocycles. The molecule has 3 atom stereocenters. The Morgan fingerprint density at radius 3 is 1.45 bits per heavy atom. The smallest absolute Gasteiger partial charge is 0.438 e. The van der Waals surface area contributed by atoms with Crippen LogP contribution in [0.2, 0.25) is 5.02 Å². The van der Waals surface area contributed by atoms with Crippen molar-refractivity contribution in [3.05, 3.63) is 34.9 Å². The molecule has 0 radical (unpaired) electrons. The number of hydrogen-bond acceptors (Lipinski definition) is 4. The third-order valence-corrected chi connectivity index (χ3v) is 9.73. The molecule has 3 unspecified atom stereocenters. The second kappa shape index (κ2) is 8.26. The average molecular weight is 624 g/mol. The molecule has 42 heavy (non-hydrogen) atoms. The van der Waals surface area contributed by atoms with Crippen molar-refractivity contribution in [2.45, 2.75) is 112 Å². The number of ether oxygens (including phenoxy) is 2. The Kier molecular flexibility index (Phi) is 6.51. The van der Waals surface area contributed by atoms with Crippen LogP contribution in [0.1, 0.15) is 88.6 Å². The lowest BCUT2D eigenvalue weighted by atomic mass is 9.55.